The minimum atomic E-state index is 0.156. The van der Waals surface area contributed by atoms with Gasteiger partial charge < -0.3 is 4.90 Å². The van der Waals surface area contributed by atoms with Crippen LogP contribution in [-0.4, -0.2) is 46.9 Å². The van der Waals surface area contributed by atoms with E-state index in [1.165, 1.54) is 5.56 Å². The van der Waals surface area contributed by atoms with Crippen LogP contribution in [0.25, 0.3) is 10.6 Å². The molecule has 156 valence electrons. The summed E-state index contributed by atoms with van der Waals surface area (Å²) in [4.78, 5) is 22.2. The van der Waals surface area contributed by atoms with Gasteiger partial charge in [-0.25, -0.2) is 4.98 Å². The molecule has 2 aromatic carbocycles. The fourth-order valence-corrected chi connectivity index (χ4v) is 5.06. The molecule has 30 heavy (non-hydrogen) atoms. The largest absolute Gasteiger partial charge is 0.336 e. The van der Waals surface area contributed by atoms with E-state index in [9.17, 15) is 4.79 Å². The van der Waals surface area contributed by atoms with E-state index in [-0.39, 0.29) is 5.91 Å². The van der Waals surface area contributed by atoms with E-state index in [2.05, 4.69) is 29.3 Å². The zero-order chi connectivity index (χ0) is 21.3. The second-order valence-electron chi connectivity index (χ2n) is 7.99. The molecule has 6 heteroatoms. The van der Waals surface area contributed by atoms with Crippen LogP contribution < -0.4 is 0 Å². The highest BCUT2D eigenvalue weighted by molar-refractivity contribution is 7.13. The van der Waals surface area contributed by atoms with Gasteiger partial charge in [0.05, 0.1) is 5.69 Å². The number of aryl methyl sites for hydroxylation is 3. The Morgan fingerprint density at radius 3 is 2.30 bits per heavy atom. The molecule has 0 spiro atoms. The van der Waals surface area contributed by atoms with Crippen molar-refractivity contribution in [3.8, 4) is 10.6 Å². The standard InChI is InChI=1S/C24H26ClN3OS/c1-16-12-17(2)22(18(3)13-16)24(29)28-10-8-27(9-11-28)14-21-15-30-23(26-21)19-4-6-20(25)7-5-19/h4-7,12-13,15H,8-11,14H2,1-3H3. The van der Waals surface area contributed by atoms with Gasteiger partial charge in [0.1, 0.15) is 5.01 Å². The van der Waals surface area contributed by atoms with Crippen molar-refractivity contribution < 1.29 is 4.79 Å². The second kappa shape index (κ2) is 8.88. The summed E-state index contributed by atoms with van der Waals surface area (Å²) in [7, 11) is 0. The Morgan fingerprint density at radius 1 is 1.03 bits per heavy atom. The van der Waals surface area contributed by atoms with Crippen molar-refractivity contribution in [2.24, 2.45) is 0 Å². The molecule has 0 radical (unpaired) electrons. The summed E-state index contributed by atoms with van der Waals surface area (Å²) in [5, 5.41) is 3.88. The predicted molar refractivity (Wildman–Crippen MR) is 124 cm³/mol. The quantitative estimate of drug-likeness (QED) is 0.550. The molecule has 4 nitrogen and oxygen atoms in total. The number of carbonyl (C=O) groups excluding carboxylic acids is 1. The summed E-state index contributed by atoms with van der Waals surface area (Å²) in [5.74, 6) is 0.156. The minimum Gasteiger partial charge on any atom is -0.336 e. The van der Waals surface area contributed by atoms with E-state index >= 15 is 0 Å². The molecule has 0 atom stereocenters. The van der Waals surface area contributed by atoms with Crippen molar-refractivity contribution in [2.45, 2.75) is 27.3 Å². The van der Waals surface area contributed by atoms with Gasteiger partial charge in [0, 0.05) is 54.3 Å². The van der Waals surface area contributed by atoms with Crippen LogP contribution in [0.5, 0.6) is 0 Å². The Morgan fingerprint density at radius 2 is 1.67 bits per heavy atom. The second-order valence-corrected chi connectivity index (χ2v) is 9.29. The van der Waals surface area contributed by atoms with Gasteiger partial charge in [0.25, 0.3) is 5.91 Å². The number of halogens is 1. The number of amides is 1. The molecule has 4 rings (SSSR count). The van der Waals surface area contributed by atoms with Crippen LogP contribution >= 0.6 is 22.9 Å². The third kappa shape index (κ3) is 4.59. The fraction of sp³-hybridized carbons (Fsp3) is 0.333. The summed E-state index contributed by atoms with van der Waals surface area (Å²) in [6, 6.07) is 12.0. The molecule has 1 amide bonds. The highest BCUT2D eigenvalue weighted by Gasteiger charge is 2.24. The van der Waals surface area contributed by atoms with Crippen LogP contribution in [0.4, 0.5) is 0 Å². The normalized spacial score (nSPS) is 14.9. The molecule has 0 saturated carbocycles. The first kappa shape index (κ1) is 21.0. The Hall–Kier alpha value is -2.21. The van der Waals surface area contributed by atoms with Crippen molar-refractivity contribution in [3.63, 3.8) is 0 Å². The number of nitrogens with zero attached hydrogens (tertiary/aromatic N) is 3. The predicted octanol–water partition coefficient (Wildman–Crippen LogP) is 5.35. The Kier molecular flexibility index (Phi) is 6.23. The van der Waals surface area contributed by atoms with Gasteiger partial charge in [-0.2, -0.15) is 0 Å². The maximum Gasteiger partial charge on any atom is 0.254 e. The SMILES string of the molecule is Cc1cc(C)c(C(=O)N2CCN(Cc3csc(-c4ccc(Cl)cc4)n3)CC2)c(C)c1. The number of piperazine rings is 1. The van der Waals surface area contributed by atoms with Crippen LogP contribution in [0.15, 0.2) is 41.8 Å². The van der Waals surface area contributed by atoms with Gasteiger partial charge in [0.15, 0.2) is 0 Å². The summed E-state index contributed by atoms with van der Waals surface area (Å²) >= 11 is 7.64. The van der Waals surface area contributed by atoms with Crippen LogP contribution in [0.3, 0.4) is 0 Å². The number of benzene rings is 2. The average molecular weight is 440 g/mol. The maximum atomic E-state index is 13.1. The Bertz CT molecular complexity index is 1030. The zero-order valence-electron chi connectivity index (χ0n) is 17.6. The van der Waals surface area contributed by atoms with Crippen LogP contribution in [0.2, 0.25) is 5.02 Å². The van der Waals surface area contributed by atoms with Crippen molar-refractivity contribution in [1.82, 2.24) is 14.8 Å². The number of hydrogen-bond acceptors (Lipinski definition) is 4. The lowest BCUT2D eigenvalue weighted by Gasteiger charge is -2.35. The van der Waals surface area contributed by atoms with Gasteiger partial charge in [-0.1, -0.05) is 41.4 Å². The van der Waals surface area contributed by atoms with Gasteiger partial charge in [-0.05, 0) is 44.0 Å². The molecule has 1 fully saturated rings. The van der Waals surface area contributed by atoms with Crippen molar-refractivity contribution in [1.29, 1.82) is 0 Å². The molecule has 2 heterocycles. The number of carbonyl (C=O) groups is 1. The molecule has 3 aromatic rings. The number of hydrogen-bond donors (Lipinski definition) is 0. The van der Waals surface area contributed by atoms with E-state index in [1.54, 1.807) is 11.3 Å². The van der Waals surface area contributed by atoms with E-state index in [1.807, 2.05) is 43.0 Å². The Balaban J connectivity index is 1.36. The lowest BCUT2D eigenvalue weighted by atomic mass is 9.98. The third-order valence-electron chi connectivity index (χ3n) is 5.58. The van der Waals surface area contributed by atoms with Crippen LogP contribution in [0.1, 0.15) is 32.7 Å². The summed E-state index contributed by atoms with van der Waals surface area (Å²) < 4.78 is 0. The molecule has 0 aliphatic carbocycles. The third-order valence-corrected chi connectivity index (χ3v) is 6.77. The van der Waals surface area contributed by atoms with Crippen molar-refractivity contribution in [3.05, 3.63) is 74.7 Å². The summed E-state index contributed by atoms with van der Waals surface area (Å²) in [6.07, 6.45) is 0. The fourth-order valence-electron chi connectivity index (χ4n) is 4.12. The number of aromatic nitrogens is 1. The van der Waals surface area contributed by atoms with Crippen molar-refractivity contribution >= 4 is 28.8 Å². The molecule has 1 aliphatic rings. The molecule has 0 N–H and O–H groups in total. The lowest BCUT2D eigenvalue weighted by Crippen LogP contribution is -2.48. The smallest absolute Gasteiger partial charge is 0.254 e. The molecule has 1 aromatic heterocycles. The molecule has 0 bridgehead atoms. The van der Waals surface area contributed by atoms with Crippen LogP contribution in [-0.2, 0) is 6.54 Å². The topological polar surface area (TPSA) is 36.4 Å². The first-order valence-corrected chi connectivity index (χ1v) is 11.5. The monoisotopic (exact) mass is 439 g/mol. The summed E-state index contributed by atoms with van der Waals surface area (Å²) in [5.41, 5.74) is 6.37. The van der Waals surface area contributed by atoms with E-state index < -0.39 is 0 Å². The van der Waals surface area contributed by atoms with E-state index in [4.69, 9.17) is 16.6 Å². The highest BCUT2D eigenvalue weighted by atomic mass is 35.5. The first-order chi connectivity index (χ1) is 14.4. The average Bonchev–Trinajstić information content (AvgIpc) is 3.16. The minimum absolute atomic E-state index is 0.156. The summed E-state index contributed by atoms with van der Waals surface area (Å²) in [6.45, 7) is 10.2. The van der Waals surface area contributed by atoms with E-state index in [0.29, 0.717) is 0 Å². The van der Waals surface area contributed by atoms with Crippen molar-refractivity contribution in [2.75, 3.05) is 26.2 Å². The molecular formula is C24H26ClN3OS. The van der Waals surface area contributed by atoms with Gasteiger partial charge in [-0.3, -0.25) is 9.69 Å². The first-order valence-electron chi connectivity index (χ1n) is 10.2. The van der Waals surface area contributed by atoms with Gasteiger partial charge in [-0.15, -0.1) is 11.3 Å². The number of rotatable bonds is 4. The molecular weight excluding hydrogens is 414 g/mol. The van der Waals surface area contributed by atoms with Gasteiger partial charge in [0.2, 0.25) is 0 Å². The zero-order valence-corrected chi connectivity index (χ0v) is 19.2. The molecule has 1 aliphatic heterocycles. The highest BCUT2D eigenvalue weighted by Crippen LogP contribution is 2.26. The lowest BCUT2D eigenvalue weighted by molar-refractivity contribution is 0.0626. The molecule has 1 saturated heterocycles. The van der Waals surface area contributed by atoms with Crippen LogP contribution in [0, 0.1) is 20.8 Å². The maximum absolute atomic E-state index is 13.1. The van der Waals surface area contributed by atoms with Gasteiger partial charge >= 0.3 is 0 Å². The Labute approximate surface area is 187 Å². The van der Waals surface area contributed by atoms with E-state index in [0.717, 1.165) is 70.7 Å². The number of thiazole rings is 1. The molecule has 0 unspecified atom stereocenters.